The summed E-state index contributed by atoms with van der Waals surface area (Å²) in [6.45, 7) is 1.83. The van der Waals surface area contributed by atoms with Gasteiger partial charge in [-0.15, -0.1) is 0 Å². The van der Waals surface area contributed by atoms with Crippen LogP contribution in [0.1, 0.15) is 0 Å². The van der Waals surface area contributed by atoms with Crippen LogP contribution in [0.2, 0.25) is 0 Å². The van der Waals surface area contributed by atoms with Crippen LogP contribution in [0.25, 0.3) is 0 Å². The lowest BCUT2D eigenvalue weighted by atomic mass is 10.2. The van der Waals surface area contributed by atoms with Crippen LogP contribution in [-0.2, 0) is 14.3 Å². The molecule has 1 fully saturated rings. The van der Waals surface area contributed by atoms with Crippen LogP contribution in [0.3, 0.4) is 0 Å². The first-order valence-electron chi connectivity index (χ1n) is 6.16. The zero-order valence-electron chi connectivity index (χ0n) is 10.3. The van der Waals surface area contributed by atoms with E-state index in [0.29, 0.717) is 37.8 Å². The molecule has 0 unspecified atom stereocenters. The quantitative estimate of drug-likeness (QED) is 0.801. The van der Waals surface area contributed by atoms with Crippen molar-refractivity contribution >= 4 is 11.6 Å². The number of hydrogen-bond acceptors (Lipinski definition) is 4. The number of carbonyl (C=O) groups excluding carboxylic acids is 1. The number of nitrogens with zero attached hydrogens (tertiary/aromatic N) is 1. The van der Waals surface area contributed by atoms with Crippen LogP contribution in [0.5, 0.6) is 5.75 Å². The molecule has 2 aliphatic rings. The van der Waals surface area contributed by atoms with E-state index < -0.39 is 5.82 Å². The van der Waals surface area contributed by atoms with E-state index in [1.807, 2.05) is 0 Å². The van der Waals surface area contributed by atoms with Crippen molar-refractivity contribution < 1.29 is 23.4 Å². The number of carbonyl (C=O) groups is 1. The molecule has 2 heterocycles. The van der Waals surface area contributed by atoms with Crippen molar-refractivity contribution in [3.05, 3.63) is 24.0 Å². The number of ether oxygens (including phenoxy) is 3. The van der Waals surface area contributed by atoms with E-state index >= 15 is 0 Å². The number of halogens is 1. The van der Waals surface area contributed by atoms with Gasteiger partial charge in [0.15, 0.2) is 6.61 Å². The van der Waals surface area contributed by atoms with Gasteiger partial charge in [-0.2, -0.15) is 0 Å². The summed E-state index contributed by atoms with van der Waals surface area (Å²) in [5, 5.41) is 0. The highest BCUT2D eigenvalue weighted by Gasteiger charge is 2.29. The molecule has 0 N–H and O–H groups in total. The summed E-state index contributed by atoms with van der Waals surface area (Å²) in [7, 11) is 0. The van der Waals surface area contributed by atoms with Crippen molar-refractivity contribution in [3.8, 4) is 5.75 Å². The minimum Gasteiger partial charge on any atom is -0.482 e. The van der Waals surface area contributed by atoms with Gasteiger partial charge in [0.25, 0.3) is 5.91 Å². The van der Waals surface area contributed by atoms with Crippen LogP contribution in [0.15, 0.2) is 18.2 Å². The van der Waals surface area contributed by atoms with Crippen molar-refractivity contribution in [3.63, 3.8) is 0 Å². The normalized spacial score (nSPS) is 22.9. The summed E-state index contributed by atoms with van der Waals surface area (Å²) in [5.41, 5.74) is 0.449. The maximum absolute atomic E-state index is 13.3. The molecule has 1 aromatic carbocycles. The Hall–Kier alpha value is -1.66. The third kappa shape index (κ3) is 2.54. The Kier molecular flexibility index (Phi) is 3.35. The van der Waals surface area contributed by atoms with Crippen molar-refractivity contribution in [1.29, 1.82) is 0 Å². The molecule has 3 rings (SSSR count). The van der Waals surface area contributed by atoms with E-state index in [2.05, 4.69) is 0 Å². The fraction of sp³-hybridized carbons (Fsp3) is 0.462. The van der Waals surface area contributed by atoms with Crippen molar-refractivity contribution in [2.45, 2.75) is 6.10 Å². The molecule has 1 atom stereocenters. The molecule has 0 spiro atoms. The van der Waals surface area contributed by atoms with Gasteiger partial charge < -0.3 is 19.1 Å². The van der Waals surface area contributed by atoms with Gasteiger partial charge in [-0.3, -0.25) is 4.79 Å². The lowest BCUT2D eigenvalue weighted by molar-refractivity contribution is -0.123. The number of anilines is 1. The Morgan fingerprint density at radius 1 is 1.37 bits per heavy atom. The van der Waals surface area contributed by atoms with Gasteiger partial charge in [-0.25, -0.2) is 4.39 Å². The predicted molar refractivity (Wildman–Crippen MR) is 64.8 cm³/mol. The van der Waals surface area contributed by atoms with Crippen LogP contribution in [0, 0.1) is 5.82 Å². The summed E-state index contributed by atoms with van der Waals surface area (Å²) >= 11 is 0. The van der Waals surface area contributed by atoms with Crippen LogP contribution in [0.4, 0.5) is 10.1 Å². The zero-order valence-corrected chi connectivity index (χ0v) is 10.3. The lowest BCUT2D eigenvalue weighted by Gasteiger charge is -2.33. The fourth-order valence-corrected chi connectivity index (χ4v) is 2.22. The van der Waals surface area contributed by atoms with Crippen molar-refractivity contribution in [1.82, 2.24) is 0 Å². The van der Waals surface area contributed by atoms with E-state index in [0.717, 1.165) is 0 Å². The summed E-state index contributed by atoms with van der Waals surface area (Å²) in [6, 6.07) is 4.14. The molecular weight excluding hydrogens is 253 g/mol. The Bertz CT molecular complexity index is 488. The summed E-state index contributed by atoms with van der Waals surface area (Å²) in [5.74, 6) is -0.0899. The van der Waals surface area contributed by atoms with Gasteiger partial charge in [0.1, 0.15) is 11.6 Å². The van der Waals surface area contributed by atoms with Crippen LogP contribution in [-0.4, -0.2) is 45.0 Å². The smallest absolute Gasteiger partial charge is 0.265 e. The van der Waals surface area contributed by atoms with Crippen LogP contribution >= 0.6 is 0 Å². The second kappa shape index (κ2) is 5.14. The molecule has 1 aromatic rings. The molecule has 0 aromatic heterocycles. The summed E-state index contributed by atoms with van der Waals surface area (Å²) in [6.07, 6.45) is -0.188. The van der Waals surface area contributed by atoms with Gasteiger partial charge in [0.2, 0.25) is 0 Å². The largest absolute Gasteiger partial charge is 0.482 e. The highest BCUT2D eigenvalue weighted by Crippen LogP contribution is 2.32. The van der Waals surface area contributed by atoms with E-state index in [-0.39, 0.29) is 18.6 Å². The lowest BCUT2D eigenvalue weighted by Crippen LogP contribution is -2.46. The molecule has 5 nitrogen and oxygen atoms in total. The SMILES string of the molecule is O=C1COc2ccc(F)cc2N1C[C@H]1COCCO1. The maximum atomic E-state index is 13.3. The molecule has 1 saturated heterocycles. The van der Waals surface area contributed by atoms with Gasteiger partial charge in [0, 0.05) is 6.07 Å². The Morgan fingerprint density at radius 3 is 3.05 bits per heavy atom. The molecule has 2 aliphatic heterocycles. The molecule has 6 heteroatoms. The van der Waals surface area contributed by atoms with E-state index in [4.69, 9.17) is 14.2 Å². The van der Waals surface area contributed by atoms with Gasteiger partial charge in [0.05, 0.1) is 38.2 Å². The number of amides is 1. The Balaban J connectivity index is 1.83. The third-order valence-electron chi connectivity index (χ3n) is 3.14. The minimum atomic E-state index is -0.400. The monoisotopic (exact) mass is 267 g/mol. The first kappa shape index (κ1) is 12.4. The highest BCUT2D eigenvalue weighted by molar-refractivity contribution is 5.97. The number of hydrogen-bond donors (Lipinski definition) is 0. The van der Waals surface area contributed by atoms with E-state index in [1.54, 1.807) is 0 Å². The zero-order chi connectivity index (χ0) is 13.2. The minimum absolute atomic E-state index is 0.0355. The molecular formula is C13H14FNO4. The summed E-state index contributed by atoms with van der Waals surface area (Å²) in [4.78, 5) is 13.4. The Morgan fingerprint density at radius 2 is 2.26 bits per heavy atom. The molecule has 0 aliphatic carbocycles. The average Bonchev–Trinajstić information content (AvgIpc) is 2.43. The Labute approximate surface area is 109 Å². The first-order chi connectivity index (χ1) is 9.24. The van der Waals surface area contributed by atoms with Crippen molar-refractivity contribution in [2.24, 2.45) is 0 Å². The number of rotatable bonds is 2. The van der Waals surface area contributed by atoms with Gasteiger partial charge in [-0.1, -0.05) is 0 Å². The van der Waals surface area contributed by atoms with E-state index in [1.165, 1.54) is 23.1 Å². The second-order valence-corrected chi connectivity index (χ2v) is 4.47. The second-order valence-electron chi connectivity index (χ2n) is 4.47. The molecule has 19 heavy (non-hydrogen) atoms. The molecule has 102 valence electrons. The van der Waals surface area contributed by atoms with Gasteiger partial charge >= 0.3 is 0 Å². The van der Waals surface area contributed by atoms with Crippen molar-refractivity contribution in [2.75, 3.05) is 37.9 Å². The molecule has 0 radical (unpaired) electrons. The fourth-order valence-electron chi connectivity index (χ4n) is 2.22. The maximum Gasteiger partial charge on any atom is 0.265 e. The first-order valence-corrected chi connectivity index (χ1v) is 6.16. The van der Waals surface area contributed by atoms with Crippen LogP contribution < -0.4 is 9.64 Å². The molecule has 0 saturated carbocycles. The highest BCUT2D eigenvalue weighted by atomic mass is 19.1. The summed E-state index contributed by atoms with van der Waals surface area (Å²) < 4.78 is 29.4. The standard InChI is InChI=1S/C13H14FNO4/c14-9-1-2-12-11(5-9)15(13(16)8-19-12)6-10-7-17-3-4-18-10/h1-2,5,10H,3-4,6-8H2/t10-/m0/s1. The van der Waals surface area contributed by atoms with Gasteiger partial charge in [-0.05, 0) is 12.1 Å². The molecule has 0 bridgehead atoms. The third-order valence-corrected chi connectivity index (χ3v) is 3.14. The predicted octanol–water partition coefficient (Wildman–Crippen LogP) is 0.966. The number of fused-ring (bicyclic) bond motifs is 1. The van der Waals surface area contributed by atoms with E-state index in [9.17, 15) is 9.18 Å². The topological polar surface area (TPSA) is 48.0 Å². The molecule has 1 amide bonds. The average molecular weight is 267 g/mol. The number of benzene rings is 1.